The van der Waals surface area contributed by atoms with Crippen LogP contribution in [0.1, 0.15) is 18.5 Å². The van der Waals surface area contributed by atoms with Crippen LogP contribution in [-0.2, 0) is 0 Å². The molecule has 0 aromatic heterocycles. The number of hydrogen-bond donors (Lipinski definition) is 2. The van der Waals surface area contributed by atoms with Crippen molar-refractivity contribution >= 4 is 17.3 Å². The van der Waals surface area contributed by atoms with Crippen LogP contribution in [-0.4, -0.2) is 18.3 Å². The molecule has 1 aromatic carbocycles. The Kier molecular flexibility index (Phi) is 3.06. The molecule has 4 heteroatoms. The molecular weight excluding hydrogens is 208 g/mol. The molecule has 1 heterocycles. The summed E-state index contributed by atoms with van der Waals surface area (Å²) in [7, 11) is 0. The Labute approximate surface area is 94.8 Å². The van der Waals surface area contributed by atoms with Gasteiger partial charge in [0.1, 0.15) is 12.4 Å². The summed E-state index contributed by atoms with van der Waals surface area (Å²) in [4.78, 5) is 0. The average Bonchev–Trinajstić information content (AvgIpc) is 2.62. The molecule has 1 atom stereocenters. The third kappa shape index (κ3) is 2.21. The van der Waals surface area contributed by atoms with Crippen LogP contribution in [0.3, 0.4) is 0 Å². The summed E-state index contributed by atoms with van der Waals surface area (Å²) < 4.78 is 5.54. The number of para-hydroxylation sites is 1. The van der Waals surface area contributed by atoms with Crippen molar-refractivity contribution < 1.29 is 4.74 Å². The van der Waals surface area contributed by atoms with Gasteiger partial charge in [-0.25, -0.2) is 0 Å². The molecule has 1 aliphatic rings. The highest BCUT2D eigenvalue weighted by molar-refractivity contribution is 7.80. The lowest BCUT2D eigenvalue weighted by Crippen LogP contribution is -2.38. The predicted octanol–water partition coefficient (Wildman–Crippen LogP) is 1.60. The number of thiocarbonyl (C=S) groups is 1. The van der Waals surface area contributed by atoms with Crippen LogP contribution >= 0.6 is 12.2 Å². The maximum atomic E-state index is 5.54. The Morgan fingerprint density at radius 3 is 3.13 bits per heavy atom. The van der Waals surface area contributed by atoms with E-state index in [-0.39, 0.29) is 6.04 Å². The fraction of sp³-hybridized carbons (Fsp3) is 0.364. The van der Waals surface area contributed by atoms with Gasteiger partial charge in [-0.1, -0.05) is 18.2 Å². The first-order chi connectivity index (χ1) is 7.31. The molecule has 0 saturated carbocycles. The molecule has 0 amide bonds. The normalized spacial score (nSPS) is 17.8. The molecule has 0 saturated heterocycles. The van der Waals surface area contributed by atoms with Crippen LogP contribution in [0.15, 0.2) is 24.3 Å². The number of ether oxygens (including phenoxy) is 1. The van der Waals surface area contributed by atoms with Gasteiger partial charge in [-0.05, 0) is 25.2 Å². The second-order valence-electron chi connectivity index (χ2n) is 3.41. The van der Waals surface area contributed by atoms with Gasteiger partial charge in [0.05, 0.1) is 6.04 Å². The molecule has 80 valence electrons. The summed E-state index contributed by atoms with van der Waals surface area (Å²) in [5, 5.41) is 6.98. The monoisotopic (exact) mass is 222 g/mol. The van der Waals surface area contributed by atoms with Crippen molar-refractivity contribution in [1.82, 2.24) is 10.6 Å². The zero-order chi connectivity index (χ0) is 10.7. The fourth-order valence-corrected chi connectivity index (χ4v) is 1.94. The van der Waals surface area contributed by atoms with E-state index in [9.17, 15) is 0 Å². The fourth-order valence-electron chi connectivity index (χ4n) is 1.65. The van der Waals surface area contributed by atoms with Crippen LogP contribution < -0.4 is 15.4 Å². The molecule has 0 radical (unpaired) electrons. The van der Waals surface area contributed by atoms with Crippen molar-refractivity contribution in [2.45, 2.75) is 13.0 Å². The summed E-state index contributed by atoms with van der Waals surface area (Å²) in [5.41, 5.74) is 1.18. The standard InChI is InChI=1S/C11H14N2OS/c1-2-12-11(15)13-9-7-14-10-6-4-3-5-8(9)10/h3-6,9H,2,7H2,1H3,(H2,12,13,15). The lowest BCUT2D eigenvalue weighted by Gasteiger charge is -2.14. The highest BCUT2D eigenvalue weighted by Crippen LogP contribution is 2.31. The van der Waals surface area contributed by atoms with Crippen LogP contribution in [0.25, 0.3) is 0 Å². The van der Waals surface area contributed by atoms with Gasteiger partial charge in [0.2, 0.25) is 0 Å². The second kappa shape index (κ2) is 4.49. The third-order valence-corrected chi connectivity index (χ3v) is 2.60. The number of nitrogens with one attached hydrogen (secondary N) is 2. The van der Waals surface area contributed by atoms with E-state index < -0.39 is 0 Å². The van der Waals surface area contributed by atoms with Crippen molar-refractivity contribution in [2.24, 2.45) is 0 Å². The predicted molar refractivity (Wildman–Crippen MR) is 64.1 cm³/mol. The van der Waals surface area contributed by atoms with Crippen LogP contribution in [0, 0.1) is 0 Å². The smallest absolute Gasteiger partial charge is 0.166 e. The van der Waals surface area contributed by atoms with Gasteiger partial charge in [0, 0.05) is 12.1 Å². The first-order valence-corrected chi connectivity index (χ1v) is 5.48. The lowest BCUT2D eigenvalue weighted by atomic mass is 10.1. The van der Waals surface area contributed by atoms with Gasteiger partial charge in [-0.2, -0.15) is 0 Å². The van der Waals surface area contributed by atoms with E-state index in [1.165, 1.54) is 5.56 Å². The van der Waals surface area contributed by atoms with E-state index in [0.717, 1.165) is 12.3 Å². The van der Waals surface area contributed by atoms with Gasteiger partial charge in [-0.3, -0.25) is 0 Å². The van der Waals surface area contributed by atoms with E-state index in [1.807, 2.05) is 25.1 Å². The summed E-state index contributed by atoms with van der Waals surface area (Å²) in [5.74, 6) is 0.953. The molecule has 2 N–H and O–H groups in total. The Morgan fingerprint density at radius 1 is 1.53 bits per heavy atom. The van der Waals surface area contributed by atoms with Gasteiger partial charge >= 0.3 is 0 Å². The Hall–Kier alpha value is -1.29. The number of fused-ring (bicyclic) bond motifs is 1. The summed E-state index contributed by atoms with van der Waals surface area (Å²) in [6.45, 7) is 3.50. The number of hydrogen-bond acceptors (Lipinski definition) is 2. The van der Waals surface area contributed by atoms with Crippen molar-refractivity contribution in [3.63, 3.8) is 0 Å². The minimum Gasteiger partial charge on any atom is -0.491 e. The van der Waals surface area contributed by atoms with Crippen LogP contribution in [0.4, 0.5) is 0 Å². The van der Waals surface area contributed by atoms with Crippen LogP contribution in [0.5, 0.6) is 5.75 Å². The third-order valence-electron chi connectivity index (χ3n) is 2.34. The SMILES string of the molecule is CCNC(=S)NC1COc2ccccc21. The quantitative estimate of drug-likeness (QED) is 0.745. The zero-order valence-electron chi connectivity index (χ0n) is 8.62. The second-order valence-corrected chi connectivity index (χ2v) is 3.81. The largest absolute Gasteiger partial charge is 0.491 e. The topological polar surface area (TPSA) is 33.3 Å². The molecule has 1 aromatic rings. The molecular formula is C11H14N2OS. The van der Waals surface area contributed by atoms with Crippen molar-refractivity contribution in [2.75, 3.05) is 13.2 Å². The van der Waals surface area contributed by atoms with E-state index in [2.05, 4.69) is 16.7 Å². The maximum Gasteiger partial charge on any atom is 0.166 e. The molecule has 0 bridgehead atoms. The molecule has 1 unspecified atom stereocenters. The minimum atomic E-state index is 0.174. The van der Waals surface area contributed by atoms with Gasteiger partial charge in [0.25, 0.3) is 0 Å². The number of rotatable bonds is 2. The Morgan fingerprint density at radius 2 is 2.33 bits per heavy atom. The van der Waals surface area contributed by atoms with Gasteiger partial charge < -0.3 is 15.4 Å². The van der Waals surface area contributed by atoms with E-state index in [1.54, 1.807) is 0 Å². The highest BCUT2D eigenvalue weighted by Gasteiger charge is 2.23. The first-order valence-electron chi connectivity index (χ1n) is 5.07. The molecule has 3 nitrogen and oxygen atoms in total. The van der Waals surface area contributed by atoms with E-state index in [4.69, 9.17) is 17.0 Å². The zero-order valence-corrected chi connectivity index (χ0v) is 9.43. The minimum absolute atomic E-state index is 0.174. The van der Waals surface area contributed by atoms with Crippen LogP contribution in [0.2, 0.25) is 0 Å². The highest BCUT2D eigenvalue weighted by atomic mass is 32.1. The maximum absolute atomic E-state index is 5.54. The van der Waals surface area contributed by atoms with Gasteiger partial charge in [-0.15, -0.1) is 0 Å². The summed E-state index contributed by atoms with van der Waals surface area (Å²) in [6.07, 6.45) is 0. The molecule has 0 fully saturated rings. The molecule has 15 heavy (non-hydrogen) atoms. The summed E-state index contributed by atoms with van der Waals surface area (Å²) in [6, 6.07) is 8.21. The Balaban J connectivity index is 2.04. The van der Waals surface area contributed by atoms with E-state index >= 15 is 0 Å². The molecule has 1 aliphatic heterocycles. The molecule has 0 spiro atoms. The number of benzene rings is 1. The molecule has 2 rings (SSSR count). The van der Waals surface area contributed by atoms with Crippen molar-refractivity contribution in [3.8, 4) is 5.75 Å². The first kappa shape index (κ1) is 10.2. The molecule has 0 aliphatic carbocycles. The van der Waals surface area contributed by atoms with Crippen molar-refractivity contribution in [3.05, 3.63) is 29.8 Å². The van der Waals surface area contributed by atoms with Gasteiger partial charge in [0.15, 0.2) is 5.11 Å². The Bertz CT molecular complexity index is 367. The van der Waals surface area contributed by atoms with Crippen molar-refractivity contribution in [1.29, 1.82) is 0 Å². The summed E-state index contributed by atoms with van der Waals surface area (Å²) >= 11 is 5.14. The lowest BCUT2D eigenvalue weighted by molar-refractivity contribution is 0.324. The van der Waals surface area contributed by atoms with E-state index in [0.29, 0.717) is 11.7 Å². The average molecular weight is 222 g/mol.